The number of hydrogen-bond donors (Lipinski definition) is 0. The van der Waals surface area contributed by atoms with Crippen molar-refractivity contribution in [3.05, 3.63) is 46.0 Å². The van der Waals surface area contributed by atoms with Crippen molar-refractivity contribution in [2.75, 3.05) is 0 Å². The molecule has 0 saturated carbocycles. The Kier molecular flexibility index (Phi) is 3.36. The summed E-state index contributed by atoms with van der Waals surface area (Å²) in [5, 5.41) is 4.34. The van der Waals surface area contributed by atoms with Crippen molar-refractivity contribution in [2.45, 2.75) is 27.2 Å². The average Bonchev–Trinajstić information content (AvgIpc) is 2.61. The molecule has 4 nitrogen and oxygen atoms in total. The van der Waals surface area contributed by atoms with Crippen LogP contribution in [0.25, 0.3) is 5.82 Å². The van der Waals surface area contributed by atoms with Crippen LogP contribution in [0.2, 0.25) is 0 Å². The maximum Gasteiger partial charge on any atom is 0.259 e. The summed E-state index contributed by atoms with van der Waals surface area (Å²) in [6.07, 6.45) is 2.57. The summed E-state index contributed by atoms with van der Waals surface area (Å²) in [6.45, 7) is 6.20. The molecule has 0 amide bonds. The Morgan fingerprint density at radius 1 is 1.39 bits per heavy atom. The Morgan fingerprint density at radius 3 is 2.67 bits per heavy atom. The highest BCUT2D eigenvalue weighted by molar-refractivity contribution is 5.27. The molecule has 0 N–H and O–H groups in total. The zero-order valence-corrected chi connectivity index (χ0v) is 11.3. The first kappa shape index (κ1) is 12.6. The van der Waals surface area contributed by atoms with E-state index in [2.05, 4.69) is 18.9 Å². The van der Waals surface area contributed by atoms with E-state index in [4.69, 9.17) is 0 Å². The predicted molar refractivity (Wildman–Crippen MR) is 72.1 cm³/mol. The van der Waals surface area contributed by atoms with Crippen molar-refractivity contribution < 1.29 is 0 Å². The lowest BCUT2D eigenvalue weighted by Crippen LogP contribution is -2.22. The molecule has 0 atom stereocenters. The van der Waals surface area contributed by atoms with Gasteiger partial charge in [-0.3, -0.25) is 14.0 Å². The van der Waals surface area contributed by atoms with Crippen LogP contribution in [-0.4, -0.2) is 14.3 Å². The fraction of sp³-hybridized carbons (Fsp3) is 0.429. The van der Waals surface area contributed by atoms with Crippen LogP contribution in [0.4, 0.5) is 0 Å². The molecule has 0 radical (unpaired) electrons. The molecular formula is C14H19N3O. The molecule has 2 aromatic rings. The molecule has 2 aromatic heterocycles. The molecule has 0 aliphatic carbocycles. The second-order valence-corrected chi connectivity index (χ2v) is 5.07. The fourth-order valence-electron chi connectivity index (χ4n) is 1.97. The van der Waals surface area contributed by atoms with Gasteiger partial charge in [-0.15, -0.1) is 0 Å². The number of hydrogen-bond acceptors (Lipinski definition) is 2. The largest absolute Gasteiger partial charge is 0.271 e. The highest BCUT2D eigenvalue weighted by Gasteiger charge is 2.09. The summed E-state index contributed by atoms with van der Waals surface area (Å²) in [5.41, 5.74) is 1.91. The molecule has 0 fully saturated rings. The SMILES string of the molecule is Cc1cc(-n2cccc(CC(C)C)c2=O)nn1C. The standard InChI is InChI=1S/C14H19N3O/c1-10(2)8-12-6-5-7-17(14(12)18)13-9-11(3)16(4)15-13/h5-7,9-10H,8H2,1-4H3. The first-order valence-corrected chi connectivity index (χ1v) is 6.20. The quantitative estimate of drug-likeness (QED) is 0.830. The molecule has 0 spiro atoms. The second-order valence-electron chi connectivity index (χ2n) is 5.07. The van der Waals surface area contributed by atoms with Gasteiger partial charge in [0.25, 0.3) is 5.56 Å². The van der Waals surface area contributed by atoms with Crippen molar-refractivity contribution in [2.24, 2.45) is 13.0 Å². The maximum absolute atomic E-state index is 12.3. The Morgan fingerprint density at radius 2 is 2.11 bits per heavy atom. The van der Waals surface area contributed by atoms with E-state index in [1.807, 2.05) is 32.2 Å². The van der Waals surface area contributed by atoms with Gasteiger partial charge in [0.15, 0.2) is 5.82 Å². The lowest BCUT2D eigenvalue weighted by Gasteiger charge is -2.07. The van der Waals surface area contributed by atoms with Crippen LogP contribution in [0.1, 0.15) is 25.1 Å². The van der Waals surface area contributed by atoms with Gasteiger partial charge in [0.1, 0.15) is 0 Å². The molecule has 2 heterocycles. The van der Waals surface area contributed by atoms with Crippen LogP contribution in [0.5, 0.6) is 0 Å². The first-order valence-electron chi connectivity index (χ1n) is 6.20. The zero-order valence-electron chi connectivity index (χ0n) is 11.3. The molecule has 18 heavy (non-hydrogen) atoms. The normalized spacial score (nSPS) is 11.2. The number of rotatable bonds is 3. The van der Waals surface area contributed by atoms with Crippen LogP contribution in [0.15, 0.2) is 29.2 Å². The summed E-state index contributed by atoms with van der Waals surface area (Å²) in [5.74, 6) is 1.16. The topological polar surface area (TPSA) is 39.8 Å². The second kappa shape index (κ2) is 4.80. The van der Waals surface area contributed by atoms with E-state index in [1.54, 1.807) is 15.4 Å². The third-order valence-corrected chi connectivity index (χ3v) is 3.00. The molecule has 0 aliphatic heterocycles. The molecule has 2 rings (SSSR count). The molecule has 96 valence electrons. The van der Waals surface area contributed by atoms with E-state index in [1.165, 1.54) is 0 Å². The van der Waals surface area contributed by atoms with Crippen LogP contribution in [-0.2, 0) is 13.5 Å². The fourth-order valence-corrected chi connectivity index (χ4v) is 1.97. The third kappa shape index (κ3) is 2.37. The lowest BCUT2D eigenvalue weighted by molar-refractivity contribution is 0.638. The van der Waals surface area contributed by atoms with Gasteiger partial charge in [-0.05, 0) is 25.3 Å². The van der Waals surface area contributed by atoms with Gasteiger partial charge >= 0.3 is 0 Å². The minimum Gasteiger partial charge on any atom is -0.271 e. The van der Waals surface area contributed by atoms with Gasteiger partial charge in [0.2, 0.25) is 0 Å². The van der Waals surface area contributed by atoms with Gasteiger partial charge < -0.3 is 0 Å². The van der Waals surface area contributed by atoms with Crippen molar-refractivity contribution >= 4 is 0 Å². The van der Waals surface area contributed by atoms with Crippen LogP contribution in [0.3, 0.4) is 0 Å². The number of nitrogens with zero attached hydrogens (tertiary/aromatic N) is 3. The highest BCUT2D eigenvalue weighted by atomic mass is 16.1. The minimum atomic E-state index is 0.0318. The molecule has 0 saturated heterocycles. The Hall–Kier alpha value is -1.84. The smallest absolute Gasteiger partial charge is 0.259 e. The highest BCUT2D eigenvalue weighted by Crippen LogP contribution is 2.08. The summed E-state index contributed by atoms with van der Waals surface area (Å²) in [6, 6.07) is 5.72. The number of aromatic nitrogens is 3. The van der Waals surface area contributed by atoms with E-state index in [9.17, 15) is 4.79 Å². The lowest BCUT2D eigenvalue weighted by atomic mass is 10.0. The van der Waals surface area contributed by atoms with Crippen LogP contribution < -0.4 is 5.56 Å². The van der Waals surface area contributed by atoms with Gasteiger partial charge in [0.05, 0.1) is 0 Å². The van der Waals surface area contributed by atoms with E-state index >= 15 is 0 Å². The van der Waals surface area contributed by atoms with Crippen molar-refractivity contribution in [1.82, 2.24) is 14.3 Å². The summed E-state index contributed by atoms with van der Waals surface area (Å²) < 4.78 is 3.39. The average molecular weight is 245 g/mol. The van der Waals surface area contributed by atoms with Gasteiger partial charge in [-0.1, -0.05) is 19.9 Å². The van der Waals surface area contributed by atoms with E-state index in [-0.39, 0.29) is 5.56 Å². The summed E-state index contributed by atoms with van der Waals surface area (Å²) in [7, 11) is 1.88. The Balaban J connectivity index is 2.49. The molecule has 0 aromatic carbocycles. The van der Waals surface area contributed by atoms with E-state index in [0.717, 1.165) is 17.7 Å². The zero-order chi connectivity index (χ0) is 13.3. The minimum absolute atomic E-state index is 0.0318. The molecule has 4 heteroatoms. The van der Waals surface area contributed by atoms with Crippen molar-refractivity contribution in [1.29, 1.82) is 0 Å². The van der Waals surface area contributed by atoms with Crippen molar-refractivity contribution in [3.63, 3.8) is 0 Å². The van der Waals surface area contributed by atoms with Gasteiger partial charge in [0, 0.05) is 30.6 Å². The van der Waals surface area contributed by atoms with Gasteiger partial charge in [-0.25, -0.2) is 0 Å². The number of aryl methyl sites for hydroxylation is 2. The molecular weight excluding hydrogens is 226 g/mol. The molecule has 0 bridgehead atoms. The predicted octanol–water partition coefficient (Wildman–Crippen LogP) is 2.08. The number of pyridine rings is 1. The molecule has 0 unspecified atom stereocenters. The monoisotopic (exact) mass is 245 g/mol. The Bertz CT molecular complexity index is 588. The van der Waals surface area contributed by atoms with Crippen LogP contribution in [0, 0.1) is 12.8 Å². The molecule has 0 aliphatic rings. The third-order valence-electron chi connectivity index (χ3n) is 3.00. The summed E-state index contributed by atoms with van der Waals surface area (Å²) >= 11 is 0. The van der Waals surface area contributed by atoms with E-state index < -0.39 is 0 Å². The van der Waals surface area contributed by atoms with Crippen molar-refractivity contribution in [3.8, 4) is 5.82 Å². The van der Waals surface area contributed by atoms with Gasteiger partial charge in [-0.2, -0.15) is 5.10 Å². The maximum atomic E-state index is 12.3. The first-order chi connectivity index (χ1) is 8.49. The van der Waals surface area contributed by atoms with E-state index in [0.29, 0.717) is 11.7 Å². The Labute approximate surface area is 107 Å². The van der Waals surface area contributed by atoms with Crippen LogP contribution >= 0.6 is 0 Å². The summed E-state index contributed by atoms with van der Waals surface area (Å²) in [4.78, 5) is 12.3.